The van der Waals surface area contributed by atoms with Gasteiger partial charge in [0, 0.05) is 0 Å². The summed E-state index contributed by atoms with van der Waals surface area (Å²) in [6, 6.07) is 5.29. The lowest BCUT2D eigenvalue weighted by Gasteiger charge is -2.32. The van der Waals surface area contributed by atoms with Gasteiger partial charge < -0.3 is 14.4 Å². The van der Waals surface area contributed by atoms with E-state index in [0.29, 0.717) is 11.3 Å². The van der Waals surface area contributed by atoms with Crippen LogP contribution in [-0.2, 0) is 9.31 Å². The second-order valence-corrected chi connectivity index (χ2v) is 6.08. The van der Waals surface area contributed by atoms with Crippen molar-refractivity contribution in [1.82, 2.24) is 4.98 Å². The molecule has 6 heteroatoms. The molecule has 1 aliphatic rings. The predicted octanol–water partition coefficient (Wildman–Crippen LogP) is 1.71. The minimum Gasteiger partial charge on any atom is -0.507 e. The van der Waals surface area contributed by atoms with Crippen LogP contribution in [0.2, 0.25) is 0 Å². The van der Waals surface area contributed by atoms with Crippen LogP contribution in [0.15, 0.2) is 12.1 Å². The van der Waals surface area contributed by atoms with Crippen molar-refractivity contribution in [3.63, 3.8) is 0 Å². The van der Waals surface area contributed by atoms with Crippen LogP contribution in [0, 0.1) is 11.3 Å². The molecule has 1 fully saturated rings. The number of nitrogens with zero attached hydrogens (tertiary/aromatic N) is 2. The fourth-order valence-corrected chi connectivity index (χ4v) is 1.92. The molecule has 5 nitrogen and oxygen atoms in total. The third kappa shape index (κ3) is 2.39. The van der Waals surface area contributed by atoms with Crippen molar-refractivity contribution in [2.75, 3.05) is 0 Å². The number of rotatable bonds is 2. The van der Waals surface area contributed by atoms with Gasteiger partial charge in [-0.3, -0.25) is 4.98 Å². The van der Waals surface area contributed by atoms with Crippen LogP contribution in [0.1, 0.15) is 46.2 Å². The van der Waals surface area contributed by atoms with Gasteiger partial charge in [0.2, 0.25) is 0 Å². The average molecular weight is 274 g/mol. The molecule has 1 N–H and O–H groups in total. The molecule has 0 aromatic carbocycles. The molecule has 0 aliphatic carbocycles. The van der Waals surface area contributed by atoms with Crippen LogP contribution in [0.3, 0.4) is 0 Å². The molecule has 0 amide bonds. The lowest BCUT2D eigenvalue weighted by molar-refractivity contribution is 0.00578. The quantitative estimate of drug-likeness (QED) is 0.831. The maximum Gasteiger partial charge on any atom is 0.518 e. The van der Waals surface area contributed by atoms with Gasteiger partial charge in [-0.2, -0.15) is 5.26 Å². The number of pyridine rings is 1. The summed E-state index contributed by atoms with van der Waals surface area (Å²) in [6.45, 7) is 9.50. The van der Waals surface area contributed by atoms with Crippen LogP contribution >= 0.6 is 0 Å². The van der Waals surface area contributed by atoms with Crippen molar-refractivity contribution in [3.8, 4) is 11.8 Å². The van der Waals surface area contributed by atoms with Gasteiger partial charge in [0.15, 0.2) is 0 Å². The minimum atomic E-state index is -0.731. The van der Waals surface area contributed by atoms with E-state index in [1.807, 2.05) is 27.7 Å². The van der Waals surface area contributed by atoms with Crippen LogP contribution in [0.4, 0.5) is 0 Å². The molecule has 0 saturated carbocycles. The summed E-state index contributed by atoms with van der Waals surface area (Å²) in [5, 5.41) is 18.9. The summed E-state index contributed by atoms with van der Waals surface area (Å²) in [4.78, 5) is 4.33. The first kappa shape index (κ1) is 14.8. The molecule has 0 radical (unpaired) electrons. The van der Waals surface area contributed by atoms with Gasteiger partial charge in [0.05, 0.1) is 28.9 Å². The lowest BCUT2D eigenvalue weighted by atomic mass is 9.83. The molecular weight excluding hydrogens is 255 g/mol. The molecule has 2 heterocycles. The second-order valence-electron chi connectivity index (χ2n) is 6.08. The summed E-state index contributed by atoms with van der Waals surface area (Å²) in [5.74, 6) is -0.339. The fraction of sp³-hybridized carbons (Fsp3) is 0.571. The highest BCUT2D eigenvalue weighted by molar-refractivity contribution is 6.62. The van der Waals surface area contributed by atoms with Crippen molar-refractivity contribution in [3.05, 3.63) is 17.8 Å². The Kier molecular flexibility index (Phi) is 3.53. The van der Waals surface area contributed by atoms with E-state index in [0.717, 1.165) is 0 Å². The maximum atomic E-state index is 9.98. The standard InChI is InChI=1S/C14H19BN2O3/c1-9(8-16)10-6-7-11(18)12(17-10)15-19-13(2,3)14(4,5)20-15/h6-7,9,18H,1-5H3. The van der Waals surface area contributed by atoms with E-state index in [9.17, 15) is 5.11 Å². The minimum absolute atomic E-state index is 0.0115. The number of aromatic nitrogens is 1. The molecule has 1 unspecified atom stereocenters. The van der Waals surface area contributed by atoms with Crippen LogP contribution in [0.5, 0.6) is 5.75 Å². The second kappa shape index (κ2) is 4.76. The Morgan fingerprint density at radius 1 is 1.25 bits per heavy atom. The molecule has 1 aliphatic heterocycles. The first-order valence-electron chi connectivity index (χ1n) is 6.63. The third-order valence-electron chi connectivity index (χ3n) is 4.04. The SMILES string of the molecule is CC(C#N)c1ccc(O)c(B2OC(C)(C)C(C)(C)O2)n1. The third-order valence-corrected chi connectivity index (χ3v) is 4.04. The van der Waals surface area contributed by atoms with Crippen LogP contribution in [0.25, 0.3) is 0 Å². The van der Waals surface area contributed by atoms with Gasteiger partial charge >= 0.3 is 7.12 Å². The largest absolute Gasteiger partial charge is 0.518 e. The van der Waals surface area contributed by atoms with Gasteiger partial charge in [-0.25, -0.2) is 0 Å². The van der Waals surface area contributed by atoms with Gasteiger partial charge in [0.25, 0.3) is 0 Å². The normalized spacial score (nSPS) is 21.5. The van der Waals surface area contributed by atoms with Crippen molar-refractivity contribution >= 4 is 12.7 Å². The monoisotopic (exact) mass is 274 g/mol. The molecule has 20 heavy (non-hydrogen) atoms. The Morgan fingerprint density at radius 3 is 2.30 bits per heavy atom. The zero-order valence-electron chi connectivity index (χ0n) is 12.5. The van der Waals surface area contributed by atoms with E-state index >= 15 is 0 Å². The first-order chi connectivity index (χ1) is 9.18. The van der Waals surface area contributed by atoms with Crippen molar-refractivity contribution in [1.29, 1.82) is 5.26 Å². The Morgan fingerprint density at radius 2 is 1.80 bits per heavy atom. The molecule has 1 saturated heterocycles. The average Bonchev–Trinajstić information content (AvgIpc) is 2.58. The number of hydrogen-bond acceptors (Lipinski definition) is 5. The van der Waals surface area contributed by atoms with E-state index in [-0.39, 0.29) is 11.7 Å². The summed E-state index contributed by atoms with van der Waals surface area (Å²) < 4.78 is 11.7. The first-order valence-corrected chi connectivity index (χ1v) is 6.63. The molecule has 0 spiro atoms. The topological polar surface area (TPSA) is 75.4 Å². The number of hydrogen-bond donors (Lipinski definition) is 1. The summed E-state index contributed by atoms with van der Waals surface area (Å²) in [7, 11) is -0.731. The smallest absolute Gasteiger partial charge is 0.507 e. The van der Waals surface area contributed by atoms with Crippen molar-refractivity contribution < 1.29 is 14.4 Å². The predicted molar refractivity (Wildman–Crippen MR) is 75.6 cm³/mol. The van der Waals surface area contributed by atoms with Crippen molar-refractivity contribution in [2.24, 2.45) is 0 Å². The van der Waals surface area contributed by atoms with Crippen molar-refractivity contribution in [2.45, 2.75) is 51.7 Å². The van der Waals surface area contributed by atoms with Crippen LogP contribution < -0.4 is 5.59 Å². The highest BCUT2D eigenvalue weighted by Gasteiger charge is 2.53. The van der Waals surface area contributed by atoms with E-state index in [1.54, 1.807) is 13.0 Å². The highest BCUT2D eigenvalue weighted by atomic mass is 16.7. The van der Waals surface area contributed by atoms with E-state index in [4.69, 9.17) is 14.6 Å². The fourth-order valence-electron chi connectivity index (χ4n) is 1.92. The number of nitriles is 1. The van der Waals surface area contributed by atoms with Gasteiger partial charge in [-0.15, -0.1) is 0 Å². The molecule has 1 atom stereocenters. The molecule has 106 valence electrons. The van der Waals surface area contributed by atoms with Gasteiger partial charge in [0.1, 0.15) is 11.3 Å². The molecule has 1 aromatic rings. The highest BCUT2D eigenvalue weighted by Crippen LogP contribution is 2.37. The van der Waals surface area contributed by atoms with E-state index < -0.39 is 18.3 Å². The van der Waals surface area contributed by atoms with Gasteiger partial charge in [-0.1, -0.05) is 0 Å². The summed E-state index contributed by atoms with van der Waals surface area (Å²) in [6.07, 6.45) is 0. The molecular formula is C14H19BN2O3. The summed E-state index contributed by atoms with van der Waals surface area (Å²) >= 11 is 0. The molecule has 2 rings (SSSR count). The Labute approximate surface area is 119 Å². The zero-order chi connectivity index (χ0) is 15.1. The Balaban J connectivity index is 2.38. The molecule has 1 aromatic heterocycles. The van der Waals surface area contributed by atoms with Gasteiger partial charge in [-0.05, 0) is 46.8 Å². The molecule has 0 bridgehead atoms. The van der Waals surface area contributed by atoms with E-state index in [1.165, 1.54) is 6.07 Å². The maximum absolute atomic E-state index is 9.98. The van der Waals surface area contributed by atoms with E-state index in [2.05, 4.69) is 11.1 Å². The lowest BCUT2D eigenvalue weighted by Crippen LogP contribution is -2.41. The zero-order valence-corrected chi connectivity index (χ0v) is 12.5. The Hall–Kier alpha value is -1.58. The Bertz CT molecular complexity index is 550. The van der Waals surface area contributed by atoms with Crippen LogP contribution in [-0.4, -0.2) is 28.4 Å². The number of aromatic hydroxyl groups is 1. The summed E-state index contributed by atoms with van der Waals surface area (Å²) in [5.41, 5.74) is -0.0797.